The van der Waals surface area contributed by atoms with Crippen LogP contribution in [0.15, 0.2) is 4.99 Å². The Morgan fingerprint density at radius 3 is 2.05 bits per heavy atom. The summed E-state index contributed by atoms with van der Waals surface area (Å²) in [5.41, 5.74) is 0. The third kappa shape index (κ3) is 7.42. The van der Waals surface area contributed by atoms with Crippen LogP contribution < -0.4 is 4.72 Å². The standard InChI is InChI=1S/C11H22N2O6S2/c1-6-9(8(3)20(4,15)16)12-10(11(14)19-7-2)13-21(5,17)18/h8-9H,6-7H2,1-5H3,(H,12,13). The number of amidine groups is 1. The van der Waals surface area contributed by atoms with Crippen LogP contribution in [0.3, 0.4) is 0 Å². The van der Waals surface area contributed by atoms with Crippen LogP contribution >= 0.6 is 0 Å². The van der Waals surface area contributed by atoms with Crippen LogP contribution in [0.1, 0.15) is 27.2 Å². The second-order valence-corrected chi connectivity index (χ2v) is 8.73. The van der Waals surface area contributed by atoms with Gasteiger partial charge < -0.3 is 4.74 Å². The Hall–Kier alpha value is -1.16. The number of sulfone groups is 1. The van der Waals surface area contributed by atoms with Gasteiger partial charge in [0.15, 0.2) is 9.84 Å². The number of nitrogens with one attached hydrogen (secondary N) is 1. The monoisotopic (exact) mass is 342 g/mol. The molecule has 0 aromatic rings. The summed E-state index contributed by atoms with van der Waals surface area (Å²) in [5, 5.41) is -0.853. The Morgan fingerprint density at radius 1 is 1.19 bits per heavy atom. The number of carbonyl (C=O) groups excluding carboxylic acids is 1. The number of ether oxygens (including phenoxy) is 1. The summed E-state index contributed by atoms with van der Waals surface area (Å²) < 4.78 is 52.4. The Balaban J connectivity index is 5.61. The van der Waals surface area contributed by atoms with Gasteiger partial charge in [-0.1, -0.05) is 6.92 Å². The molecule has 0 aromatic carbocycles. The first-order valence-corrected chi connectivity index (χ1v) is 10.2. The van der Waals surface area contributed by atoms with Crippen LogP contribution in [-0.2, 0) is 29.4 Å². The first kappa shape index (κ1) is 19.8. The fraction of sp³-hybridized carbons (Fsp3) is 0.818. The normalized spacial score (nSPS) is 16.1. The molecule has 0 saturated carbocycles. The molecule has 1 N–H and O–H groups in total. The molecule has 8 nitrogen and oxygen atoms in total. The van der Waals surface area contributed by atoms with Gasteiger partial charge in [-0.3, -0.25) is 9.71 Å². The van der Waals surface area contributed by atoms with Crippen LogP contribution in [0, 0.1) is 0 Å². The summed E-state index contributed by atoms with van der Waals surface area (Å²) >= 11 is 0. The average Bonchev–Trinajstić information content (AvgIpc) is 2.31. The van der Waals surface area contributed by atoms with E-state index in [-0.39, 0.29) is 6.61 Å². The molecule has 0 fully saturated rings. The van der Waals surface area contributed by atoms with Crippen LogP contribution in [0.25, 0.3) is 0 Å². The van der Waals surface area contributed by atoms with Gasteiger partial charge >= 0.3 is 5.97 Å². The van der Waals surface area contributed by atoms with Gasteiger partial charge in [-0.15, -0.1) is 0 Å². The predicted octanol–water partition coefficient (Wildman–Crippen LogP) is -0.291. The maximum atomic E-state index is 11.7. The van der Waals surface area contributed by atoms with Crippen molar-refractivity contribution >= 4 is 31.7 Å². The molecule has 0 amide bonds. The van der Waals surface area contributed by atoms with Crippen molar-refractivity contribution in [1.82, 2.24) is 4.72 Å². The molecule has 2 atom stereocenters. The predicted molar refractivity (Wildman–Crippen MR) is 80.4 cm³/mol. The van der Waals surface area contributed by atoms with Gasteiger partial charge in [-0.05, 0) is 20.3 Å². The van der Waals surface area contributed by atoms with E-state index in [0.717, 1.165) is 12.5 Å². The highest BCUT2D eigenvalue weighted by Crippen LogP contribution is 2.12. The molecule has 124 valence electrons. The minimum Gasteiger partial charge on any atom is -0.460 e. The number of carbonyl (C=O) groups is 1. The lowest BCUT2D eigenvalue weighted by Crippen LogP contribution is -2.40. The summed E-state index contributed by atoms with van der Waals surface area (Å²) in [4.78, 5) is 15.7. The van der Waals surface area contributed by atoms with E-state index in [1.165, 1.54) is 6.92 Å². The lowest BCUT2D eigenvalue weighted by Gasteiger charge is -2.18. The van der Waals surface area contributed by atoms with E-state index in [0.29, 0.717) is 6.42 Å². The number of sulfonamides is 1. The van der Waals surface area contributed by atoms with Gasteiger partial charge in [0.05, 0.1) is 24.2 Å². The topological polar surface area (TPSA) is 119 Å². The molecule has 0 bridgehead atoms. The number of nitrogens with zero attached hydrogens (tertiary/aromatic N) is 1. The lowest BCUT2D eigenvalue weighted by atomic mass is 10.2. The molecule has 0 radical (unpaired) electrons. The van der Waals surface area contributed by atoms with Crippen molar-refractivity contribution in [3.05, 3.63) is 0 Å². The number of aliphatic imine (C=N–C) groups is 1. The quantitative estimate of drug-likeness (QED) is 0.402. The van der Waals surface area contributed by atoms with Crippen LogP contribution in [0.2, 0.25) is 0 Å². The van der Waals surface area contributed by atoms with Crippen molar-refractivity contribution in [2.24, 2.45) is 4.99 Å². The number of hydrogen-bond donors (Lipinski definition) is 1. The zero-order valence-electron chi connectivity index (χ0n) is 12.8. The molecule has 0 aromatic heterocycles. The van der Waals surface area contributed by atoms with Crippen molar-refractivity contribution < 1.29 is 26.4 Å². The highest BCUT2D eigenvalue weighted by Gasteiger charge is 2.27. The van der Waals surface area contributed by atoms with E-state index < -0.39 is 43.0 Å². The Labute approximate surface area is 125 Å². The molecule has 10 heteroatoms. The fourth-order valence-corrected chi connectivity index (χ4v) is 2.79. The molecule has 0 rings (SSSR count). The summed E-state index contributed by atoms with van der Waals surface area (Å²) in [5.74, 6) is -1.45. The van der Waals surface area contributed by atoms with Gasteiger partial charge in [0, 0.05) is 6.26 Å². The molecular formula is C11H22N2O6S2. The third-order valence-electron chi connectivity index (χ3n) is 2.68. The molecule has 0 heterocycles. The smallest absolute Gasteiger partial charge is 0.374 e. The van der Waals surface area contributed by atoms with E-state index in [4.69, 9.17) is 4.74 Å². The minimum absolute atomic E-state index is 0.0434. The molecule has 0 saturated heterocycles. The van der Waals surface area contributed by atoms with Crippen molar-refractivity contribution in [1.29, 1.82) is 0 Å². The summed E-state index contributed by atoms with van der Waals surface area (Å²) in [7, 11) is -7.11. The highest BCUT2D eigenvalue weighted by atomic mass is 32.2. The molecule has 0 aliphatic rings. The Morgan fingerprint density at radius 2 is 1.71 bits per heavy atom. The zero-order valence-corrected chi connectivity index (χ0v) is 14.4. The van der Waals surface area contributed by atoms with Crippen LogP contribution in [0.5, 0.6) is 0 Å². The summed E-state index contributed by atoms with van der Waals surface area (Å²) in [6.45, 7) is 4.75. The number of hydrogen-bond acceptors (Lipinski definition) is 7. The van der Waals surface area contributed by atoms with Crippen molar-refractivity contribution in [3.8, 4) is 0 Å². The molecule has 0 spiro atoms. The van der Waals surface area contributed by atoms with E-state index in [1.807, 2.05) is 4.72 Å². The van der Waals surface area contributed by atoms with Gasteiger partial charge in [0.2, 0.25) is 15.9 Å². The molecule has 0 aliphatic carbocycles. The minimum atomic E-state index is -3.73. The molecular weight excluding hydrogens is 320 g/mol. The first-order chi connectivity index (χ1) is 9.42. The van der Waals surface area contributed by atoms with Crippen molar-refractivity contribution in [2.75, 3.05) is 19.1 Å². The third-order valence-corrected chi connectivity index (χ3v) is 4.91. The Kier molecular flexibility index (Phi) is 7.31. The van der Waals surface area contributed by atoms with E-state index in [9.17, 15) is 21.6 Å². The average molecular weight is 342 g/mol. The molecule has 0 aliphatic heterocycles. The van der Waals surface area contributed by atoms with Gasteiger partial charge in [0.25, 0.3) is 0 Å². The summed E-state index contributed by atoms with van der Waals surface area (Å²) in [6, 6.07) is -0.756. The number of rotatable bonds is 6. The second-order valence-electron chi connectivity index (χ2n) is 4.58. The largest absolute Gasteiger partial charge is 0.460 e. The lowest BCUT2D eigenvalue weighted by molar-refractivity contribution is -0.135. The van der Waals surface area contributed by atoms with Gasteiger partial charge in [0.1, 0.15) is 0 Å². The first-order valence-electron chi connectivity index (χ1n) is 6.33. The van der Waals surface area contributed by atoms with Crippen molar-refractivity contribution in [3.63, 3.8) is 0 Å². The molecule has 21 heavy (non-hydrogen) atoms. The summed E-state index contributed by atoms with van der Waals surface area (Å²) in [6.07, 6.45) is 2.25. The SMILES string of the molecule is CCOC(=O)C(=NC(CC)C(C)S(C)(=O)=O)NS(C)(=O)=O. The van der Waals surface area contributed by atoms with Gasteiger partial charge in [-0.25, -0.2) is 21.6 Å². The second kappa shape index (κ2) is 7.74. The van der Waals surface area contributed by atoms with E-state index in [2.05, 4.69) is 4.99 Å². The molecule has 2 unspecified atom stereocenters. The van der Waals surface area contributed by atoms with Crippen LogP contribution in [-0.4, -0.2) is 59.1 Å². The number of esters is 1. The fourth-order valence-electron chi connectivity index (χ4n) is 1.48. The highest BCUT2D eigenvalue weighted by molar-refractivity contribution is 7.91. The zero-order chi connectivity index (χ0) is 16.8. The van der Waals surface area contributed by atoms with E-state index >= 15 is 0 Å². The van der Waals surface area contributed by atoms with E-state index in [1.54, 1.807) is 13.8 Å². The van der Waals surface area contributed by atoms with Crippen molar-refractivity contribution in [2.45, 2.75) is 38.5 Å². The Bertz CT molecular complexity index is 594. The maximum Gasteiger partial charge on any atom is 0.374 e. The maximum absolute atomic E-state index is 11.7. The van der Waals surface area contributed by atoms with Crippen LogP contribution in [0.4, 0.5) is 0 Å². The van der Waals surface area contributed by atoms with Gasteiger partial charge in [-0.2, -0.15) is 0 Å².